The number of hydrogen-bond donors (Lipinski definition) is 0. The quantitative estimate of drug-likeness (QED) is 0.420. The van der Waals surface area contributed by atoms with Crippen molar-refractivity contribution in [2.45, 2.75) is 12.4 Å². The minimum absolute atomic E-state index is 0.221. The Balaban J connectivity index is 2.62. The highest BCUT2D eigenvalue weighted by molar-refractivity contribution is 6.20. The largest absolute Gasteiger partial charge is 0.298 e. The molecule has 0 N–H and O–H groups in total. The van der Waals surface area contributed by atoms with Gasteiger partial charge in [0.15, 0.2) is 0 Å². The summed E-state index contributed by atoms with van der Waals surface area (Å²) in [5, 5.41) is 1.65. The smallest absolute Gasteiger partial charge is 0.134 e. The van der Waals surface area contributed by atoms with E-state index >= 15 is 0 Å². The topological polar surface area (TPSA) is 12.5 Å². The van der Waals surface area contributed by atoms with E-state index < -0.39 is 0 Å². The van der Waals surface area contributed by atoms with Crippen LogP contribution >= 0.6 is 11.6 Å². The summed E-state index contributed by atoms with van der Waals surface area (Å²) in [5.74, 6) is 0. The van der Waals surface area contributed by atoms with Gasteiger partial charge in [0.05, 0.1) is 6.61 Å². The molecule has 1 aromatic rings. The van der Waals surface area contributed by atoms with E-state index in [4.69, 9.17) is 16.4 Å². The lowest BCUT2D eigenvalue weighted by atomic mass is 10.2. The van der Waals surface area contributed by atoms with E-state index in [-0.39, 0.29) is 5.50 Å². The maximum absolute atomic E-state index is 6.14. The Morgan fingerprint density at radius 2 is 2.00 bits per heavy atom. The summed E-state index contributed by atoms with van der Waals surface area (Å²) in [6, 6.07) is 9.85. The highest BCUT2D eigenvalue weighted by Crippen LogP contribution is 2.22. The van der Waals surface area contributed by atoms with Gasteiger partial charge in [0.1, 0.15) is 5.50 Å². The van der Waals surface area contributed by atoms with Gasteiger partial charge in [-0.2, -0.15) is 5.06 Å². The lowest BCUT2D eigenvalue weighted by Gasteiger charge is -2.21. The van der Waals surface area contributed by atoms with Crippen molar-refractivity contribution in [1.82, 2.24) is 5.06 Å². The molecule has 0 heterocycles. The molecular weight excluding hydrogens is 186 g/mol. The van der Waals surface area contributed by atoms with Crippen LogP contribution in [-0.2, 0) is 4.84 Å². The van der Waals surface area contributed by atoms with E-state index in [0.29, 0.717) is 6.61 Å². The number of halogens is 1. The summed E-state index contributed by atoms with van der Waals surface area (Å²) < 4.78 is 0. The van der Waals surface area contributed by atoms with Crippen molar-refractivity contribution in [3.05, 3.63) is 35.9 Å². The molecule has 1 unspecified atom stereocenters. The van der Waals surface area contributed by atoms with Crippen LogP contribution in [0.15, 0.2) is 30.3 Å². The van der Waals surface area contributed by atoms with Crippen molar-refractivity contribution >= 4 is 11.6 Å². The molecule has 2 nitrogen and oxygen atoms in total. The molecule has 0 aliphatic heterocycles. The summed E-state index contributed by atoms with van der Waals surface area (Å²) in [5.41, 5.74) is 0.821. The molecule has 0 fully saturated rings. The van der Waals surface area contributed by atoms with E-state index in [9.17, 15) is 0 Å². The zero-order valence-corrected chi connectivity index (χ0v) is 8.66. The van der Waals surface area contributed by atoms with Crippen molar-refractivity contribution in [2.75, 3.05) is 13.7 Å². The molecule has 0 saturated heterocycles. The summed E-state index contributed by atoms with van der Waals surface area (Å²) in [6.45, 7) is 2.57. The van der Waals surface area contributed by atoms with E-state index in [1.54, 1.807) is 5.06 Å². The van der Waals surface area contributed by atoms with Gasteiger partial charge >= 0.3 is 0 Å². The molecule has 0 amide bonds. The fourth-order valence-corrected chi connectivity index (χ4v) is 1.29. The predicted molar refractivity (Wildman–Crippen MR) is 54.4 cm³/mol. The molecule has 1 atom stereocenters. The molecule has 0 bridgehead atoms. The third kappa shape index (κ3) is 2.99. The number of hydrogen-bond acceptors (Lipinski definition) is 2. The van der Waals surface area contributed by atoms with Gasteiger partial charge in [0.2, 0.25) is 0 Å². The Bertz CT molecular complexity index is 240. The standard InChI is InChI=1S/C10H14ClNO/c1-3-13-12(2)10(11)9-7-5-4-6-8-9/h4-8,10H,3H2,1-2H3. The zero-order valence-electron chi connectivity index (χ0n) is 7.90. The maximum atomic E-state index is 6.14. The lowest BCUT2D eigenvalue weighted by molar-refractivity contribution is -0.146. The summed E-state index contributed by atoms with van der Waals surface area (Å²) >= 11 is 6.14. The van der Waals surface area contributed by atoms with E-state index in [0.717, 1.165) is 5.56 Å². The SMILES string of the molecule is CCON(C)C(Cl)c1ccccc1. The third-order valence-electron chi connectivity index (χ3n) is 1.73. The van der Waals surface area contributed by atoms with E-state index in [1.165, 1.54) is 0 Å². The Labute approximate surface area is 84.0 Å². The normalized spacial score (nSPS) is 13.2. The molecule has 72 valence electrons. The lowest BCUT2D eigenvalue weighted by Crippen LogP contribution is -2.21. The number of hydroxylamine groups is 2. The minimum Gasteiger partial charge on any atom is -0.298 e. The first-order valence-electron chi connectivity index (χ1n) is 4.30. The first-order valence-corrected chi connectivity index (χ1v) is 4.74. The molecule has 0 aromatic heterocycles. The average Bonchev–Trinajstić information content (AvgIpc) is 2.18. The van der Waals surface area contributed by atoms with Crippen molar-refractivity contribution in [3.8, 4) is 0 Å². The Morgan fingerprint density at radius 3 is 2.54 bits per heavy atom. The van der Waals surface area contributed by atoms with Gasteiger partial charge in [-0.15, -0.1) is 0 Å². The van der Waals surface area contributed by atoms with Crippen LogP contribution < -0.4 is 0 Å². The van der Waals surface area contributed by atoms with Gasteiger partial charge in [-0.25, -0.2) is 0 Å². The van der Waals surface area contributed by atoms with E-state index in [2.05, 4.69) is 0 Å². The number of rotatable bonds is 4. The highest BCUT2D eigenvalue weighted by Gasteiger charge is 2.12. The molecule has 1 rings (SSSR count). The number of alkyl halides is 1. The van der Waals surface area contributed by atoms with Gasteiger partial charge < -0.3 is 0 Å². The van der Waals surface area contributed by atoms with Crippen LogP contribution in [0.2, 0.25) is 0 Å². The Morgan fingerprint density at radius 1 is 1.38 bits per heavy atom. The average molecular weight is 200 g/mol. The highest BCUT2D eigenvalue weighted by atomic mass is 35.5. The Hall–Kier alpha value is -0.570. The Kier molecular flexibility index (Phi) is 4.22. The van der Waals surface area contributed by atoms with Crippen LogP contribution in [0.5, 0.6) is 0 Å². The van der Waals surface area contributed by atoms with Crippen LogP contribution in [0.25, 0.3) is 0 Å². The second-order valence-corrected chi connectivity index (χ2v) is 3.12. The van der Waals surface area contributed by atoms with Crippen LogP contribution in [0.4, 0.5) is 0 Å². The zero-order chi connectivity index (χ0) is 9.68. The third-order valence-corrected chi connectivity index (χ3v) is 2.25. The van der Waals surface area contributed by atoms with Crippen LogP contribution in [0.3, 0.4) is 0 Å². The molecular formula is C10H14ClNO. The molecule has 0 aliphatic carbocycles. The molecule has 0 aliphatic rings. The molecule has 0 radical (unpaired) electrons. The summed E-state index contributed by atoms with van der Waals surface area (Å²) in [7, 11) is 1.83. The molecule has 0 spiro atoms. The number of benzene rings is 1. The van der Waals surface area contributed by atoms with Crippen LogP contribution in [-0.4, -0.2) is 18.7 Å². The van der Waals surface area contributed by atoms with Gasteiger partial charge in [-0.3, -0.25) is 4.84 Å². The maximum Gasteiger partial charge on any atom is 0.134 e. The van der Waals surface area contributed by atoms with Crippen molar-refractivity contribution in [1.29, 1.82) is 0 Å². The summed E-state index contributed by atoms with van der Waals surface area (Å²) in [6.07, 6.45) is 0. The minimum atomic E-state index is -0.221. The van der Waals surface area contributed by atoms with Gasteiger partial charge in [0, 0.05) is 7.05 Å². The van der Waals surface area contributed by atoms with Gasteiger partial charge in [-0.05, 0) is 12.5 Å². The van der Waals surface area contributed by atoms with Gasteiger partial charge in [-0.1, -0.05) is 41.9 Å². The predicted octanol–water partition coefficient (Wildman–Crippen LogP) is 2.81. The fourth-order valence-electron chi connectivity index (χ4n) is 1.09. The monoisotopic (exact) mass is 199 g/mol. The first-order chi connectivity index (χ1) is 6.25. The van der Waals surface area contributed by atoms with E-state index in [1.807, 2.05) is 44.3 Å². The second-order valence-electron chi connectivity index (χ2n) is 2.71. The van der Waals surface area contributed by atoms with Gasteiger partial charge in [0.25, 0.3) is 0 Å². The van der Waals surface area contributed by atoms with Crippen LogP contribution in [0, 0.1) is 0 Å². The second kappa shape index (κ2) is 5.22. The molecule has 0 saturated carbocycles. The number of nitrogens with zero attached hydrogens (tertiary/aromatic N) is 1. The molecule has 13 heavy (non-hydrogen) atoms. The van der Waals surface area contributed by atoms with Crippen molar-refractivity contribution in [2.24, 2.45) is 0 Å². The molecule has 1 aromatic carbocycles. The van der Waals surface area contributed by atoms with Crippen molar-refractivity contribution in [3.63, 3.8) is 0 Å². The first kappa shape index (κ1) is 10.5. The van der Waals surface area contributed by atoms with Crippen molar-refractivity contribution < 1.29 is 4.84 Å². The molecule has 3 heteroatoms. The fraction of sp³-hybridized carbons (Fsp3) is 0.400. The van der Waals surface area contributed by atoms with Crippen LogP contribution in [0.1, 0.15) is 18.0 Å². The summed E-state index contributed by atoms with van der Waals surface area (Å²) in [4.78, 5) is 5.26.